The summed E-state index contributed by atoms with van der Waals surface area (Å²) in [7, 11) is -3.70. The van der Waals surface area contributed by atoms with Crippen LogP contribution in [0.1, 0.15) is 29.3 Å². The van der Waals surface area contributed by atoms with Gasteiger partial charge in [0.25, 0.3) is 0 Å². The molecule has 0 aliphatic rings. The predicted molar refractivity (Wildman–Crippen MR) is 102 cm³/mol. The fourth-order valence-electron chi connectivity index (χ4n) is 2.25. The Morgan fingerprint density at radius 3 is 2.26 bits per heavy atom. The van der Waals surface area contributed by atoms with Gasteiger partial charge in [0.1, 0.15) is 0 Å². The van der Waals surface area contributed by atoms with Crippen LogP contribution in [0.2, 0.25) is 5.02 Å². The number of hydrogen-bond donors (Lipinski definition) is 1. The summed E-state index contributed by atoms with van der Waals surface area (Å²) in [6.45, 7) is 3.19. The van der Waals surface area contributed by atoms with E-state index in [1.165, 1.54) is 19.1 Å². The first-order valence-electron chi connectivity index (χ1n) is 8.24. The van der Waals surface area contributed by atoms with Crippen molar-refractivity contribution < 1.29 is 22.7 Å². The van der Waals surface area contributed by atoms with Crippen LogP contribution in [0, 0.1) is 6.92 Å². The van der Waals surface area contributed by atoms with E-state index in [-0.39, 0.29) is 23.6 Å². The SMILES string of the molecule is Cc1ccc(S(=O)(=O)NCCC(=O)O[C@H](C)C(=O)c2ccc(Cl)cc2)cc1. The number of ether oxygens (including phenoxy) is 1. The van der Waals surface area contributed by atoms with Crippen molar-refractivity contribution in [3.05, 3.63) is 64.7 Å². The van der Waals surface area contributed by atoms with Crippen molar-refractivity contribution in [1.82, 2.24) is 4.72 Å². The number of halogens is 1. The van der Waals surface area contributed by atoms with E-state index in [0.29, 0.717) is 10.6 Å². The molecular weight excluding hydrogens is 390 g/mol. The second kappa shape index (κ2) is 9.12. The molecule has 0 amide bonds. The predicted octanol–water partition coefficient (Wildman–Crippen LogP) is 3.13. The summed E-state index contributed by atoms with van der Waals surface area (Å²) >= 11 is 5.77. The Balaban J connectivity index is 1.84. The highest BCUT2D eigenvalue weighted by Crippen LogP contribution is 2.13. The third-order valence-corrected chi connectivity index (χ3v) is 5.49. The zero-order chi connectivity index (χ0) is 20.0. The van der Waals surface area contributed by atoms with Gasteiger partial charge in [0.2, 0.25) is 15.8 Å². The van der Waals surface area contributed by atoms with Crippen molar-refractivity contribution in [2.45, 2.75) is 31.3 Å². The lowest BCUT2D eigenvalue weighted by atomic mass is 10.1. The van der Waals surface area contributed by atoms with E-state index in [0.717, 1.165) is 5.56 Å². The van der Waals surface area contributed by atoms with Crippen LogP contribution in [0.3, 0.4) is 0 Å². The van der Waals surface area contributed by atoms with Gasteiger partial charge in [-0.2, -0.15) is 0 Å². The van der Waals surface area contributed by atoms with Crippen LogP contribution in [0.15, 0.2) is 53.4 Å². The Kier molecular flexibility index (Phi) is 7.12. The maximum absolute atomic E-state index is 12.2. The summed E-state index contributed by atoms with van der Waals surface area (Å²) < 4.78 is 31.7. The molecule has 27 heavy (non-hydrogen) atoms. The lowest BCUT2D eigenvalue weighted by Crippen LogP contribution is -2.29. The third kappa shape index (κ3) is 6.16. The minimum absolute atomic E-state index is 0.118. The molecule has 144 valence electrons. The van der Waals surface area contributed by atoms with Gasteiger partial charge in [0.15, 0.2) is 6.10 Å². The maximum Gasteiger partial charge on any atom is 0.307 e. The van der Waals surface area contributed by atoms with Gasteiger partial charge in [-0.15, -0.1) is 0 Å². The fourth-order valence-corrected chi connectivity index (χ4v) is 3.40. The van der Waals surface area contributed by atoms with Crippen molar-refractivity contribution in [2.75, 3.05) is 6.54 Å². The van der Waals surface area contributed by atoms with Crippen LogP contribution in [0.4, 0.5) is 0 Å². The molecule has 0 fully saturated rings. The Morgan fingerprint density at radius 1 is 1.07 bits per heavy atom. The number of esters is 1. The van der Waals surface area contributed by atoms with Gasteiger partial charge in [0.05, 0.1) is 11.3 Å². The average molecular weight is 410 g/mol. The van der Waals surface area contributed by atoms with Crippen molar-refractivity contribution in [3.63, 3.8) is 0 Å². The molecule has 1 atom stereocenters. The molecule has 2 rings (SSSR count). The number of Topliss-reactive ketones (excluding diaryl/α,β-unsaturated/α-hetero) is 1. The van der Waals surface area contributed by atoms with Crippen molar-refractivity contribution in [3.8, 4) is 0 Å². The monoisotopic (exact) mass is 409 g/mol. The molecule has 0 radical (unpaired) electrons. The highest BCUT2D eigenvalue weighted by molar-refractivity contribution is 7.89. The largest absolute Gasteiger partial charge is 0.454 e. The van der Waals surface area contributed by atoms with E-state index in [1.54, 1.807) is 36.4 Å². The average Bonchev–Trinajstić information content (AvgIpc) is 2.62. The standard InChI is InChI=1S/C19H20ClNO5S/c1-13-3-9-17(10-4-13)27(24,25)21-12-11-18(22)26-14(2)19(23)15-5-7-16(20)8-6-15/h3-10,14,21H,11-12H2,1-2H3/t14-/m1/s1. The molecule has 0 aliphatic carbocycles. The zero-order valence-electron chi connectivity index (χ0n) is 14.9. The fraction of sp³-hybridized carbons (Fsp3) is 0.263. The summed E-state index contributed by atoms with van der Waals surface area (Å²) in [5, 5.41) is 0.497. The molecule has 0 aromatic heterocycles. The zero-order valence-corrected chi connectivity index (χ0v) is 16.5. The molecule has 8 heteroatoms. The molecule has 0 bridgehead atoms. The van der Waals surface area contributed by atoms with Gasteiger partial charge in [-0.1, -0.05) is 29.3 Å². The second-order valence-corrected chi connectivity index (χ2v) is 8.17. The summed E-state index contributed by atoms with van der Waals surface area (Å²) in [5.41, 5.74) is 1.32. The Bertz CT molecular complexity index is 908. The van der Waals surface area contributed by atoms with Crippen LogP contribution < -0.4 is 4.72 Å². The number of benzene rings is 2. The Hall–Kier alpha value is -2.22. The van der Waals surface area contributed by atoms with Gasteiger partial charge in [-0.05, 0) is 50.2 Å². The molecule has 0 unspecified atom stereocenters. The molecule has 0 aliphatic heterocycles. The van der Waals surface area contributed by atoms with Crippen molar-refractivity contribution >= 4 is 33.4 Å². The van der Waals surface area contributed by atoms with Crippen molar-refractivity contribution in [2.24, 2.45) is 0 Å². The molecule has 6 nitrogen and oxygen atoms in total. The summed E-state index contributed by atoms with van der Waals surface area (Å²) in [6, 6.07) is 12.6. The number of carbonyl (C=O) groups is 2. The third-order valence-electron chi connectivity index (χ3n) is 3.76. The number of ketones is 1. The highest BCUT2D eigenvalue weighted by atomic mass is 35.5. The van der Waals surface area contributed by atoms with Crippen LogP contribution in [-0.2, 0) is 19.6 Å². The van der Waals surface area contributed by atoms with Gasteiger partial charge < -0.3 is 4.74 Å². The number of carbonyl (C=O) groups excluding carboxylic acids is 2. The molecule has 2 aromatic carbocycles. The van der Waals surface area contributed by atoms with E-state index >= 15 is 0 Å². The lowest BCUT2D eigenvalue weighted by Gasteiger charge is -2.13. The maximum atomic E-state index is 12.2. The summed E-state index contributed by atoms with van der Waals surface area (Å²) in [4.78, 5) is 24.2. The van der Waals surface area contributed by atoms with Crippen LogP contribution >= 0.6 is 11.6 Å². The van der Waals surface area contributed by atoms with E-state index in [9.17, 15) is 18.0 Å². The van der Waals surface area contributed by atoms with E-state index in [1.807, 2.05) is 6.92 Å². The molecule has 2 aromatic rings. The van der Waals surface area contributed by atoms with Gasteiger partial charge in [-0.25, -0.2) is 13.1 Å². The first-order chi connectivity index (χ1) is 12.7. The van der Waals surface area contributed by atoms with Crippen LogP contribution in [0.25, 0.3) is 0 Å². The van der Waals surface area contributed by atoms with Crippen LogP contribution in [-0.4, -0.2) is 32.8 Å². The molecular formula is C19H20ClNO5S. The quantitative estimate of drug-likeness (QED) is 0.534. The first-order valence-corrected chi connectivity index (χ1v) is 10.1. The van der Waals surface area contributed by atoms with E-state index in [2.05, 4.69) is 4.72 Å². The number of nitrogens with one attached hydrogen (secondary N) is 1. The smallest absolute Gasteiger partial charge is 0.307 e. The topological polar surface area (TPSA) is 89.5 Å². The number of sulfonamides is 1. The second-order valence-electron chi connectivity index (χ2n) is 5.96. The van der Waals surface area contributed by atoms with E-state index in [4.69, 9.17) is 16.3 Å². The van der Waals surface area contributed by atoms with E-state index < -0.39 is 22.1 Å². The molecule has 0 saturated carbocycles. The molecule has 0 saturated heterocycles. The van der Waals surface area contributed by atoms with Crippen molar-refractivity contribution in [1.29, 1.82) is 0 Å². The number of aryl methyl sites for hydroxylation is 1. The summed E-state index contributed by atoms with van der Waals surface area (Å²) in [5.74, 6) is -1.03. The number of hydrogen-bond acceptors (Lipinski definition) is 5. The molecule has 0 heterocycles. The van der Waals surface area contributed by atoms with Crippen LogP contribution in [0.5, 0.6) is 0 Å². The van der Waals surface area contributed by atoms with Gasteiger partial charge >= 0.3 is 5.97 Å². The Labute approximate surface area is 163 Å². The van der Waals surface area contributed by atoms with Gasteiger partial charge in [0, 0.05) is 17.1 Å². The number of rotatable bonds is 8. The Morgan fingerprint density at radius 2 is 1.67 bits per heavy atom. The molecule has 0 spiro atoms. The highest BCUT2D eigenvalue weighted by Gasteiger charge is 2.20. The summed E-state index contributed by atoms with van der Waals surface area (Å²) in [6.07, 6.45) is -1.17. The minimum Gasteiger partial charge on any atom is -0.454 e. The molecule has 1 N–H and O–H groups in total. The first kappa shape index (κ1) is 21.1. The van der Waals surface area contributed by atoms with Gasteiger partial charge in [-0.3, -0.25) is 9.59 Å². The normalized spacial score (nSPS) is 12.4. The minimum atomic E-state index is -3.70. The lowest BCUT2D eigenvalue weighted by molar-refractivity contribution is -0.146.